The van der Waals surface area contributed by atoms with Crippen LogP contribution in [0.1, 0.15) is 24.8 Å². The zero-order valence-corrected chi connectivity index (χ0v) is 15.9. The molecule has 3 aromatic rings. The smallest absolute Gasteiger partial charge is 0.293 e. The second-order valence-electron chi connectivity index (χ2n) is 6.54. The Morgan fingerprint density at radius 1 is 1.44 bits per heavy atom. The van der Waals surface area contributed by atoms with E-state index in [1.807, 2.05) is 9.95 Å². The first-order valence-electron chi connectivity index (χ1n) is 8.92. The average molecular weight is 383 g/mol. The minimum Gasteiger partial charge on any atom is -0.341 e. The first-order valence-corrected chi connectivity index (χ1v) is 9.80. The van der Waals surface area contributed by atoms with Gasteiger partial charge in [-0.2, -0.15) is 5.10 Å². The maximum Gasteiger partial charge on any atom is 0.293 e. The Hall–Kier alpha value is -2.70. The predicted molar refractivity (Wildman–Crippen MR) is 106 cm³/mol. The SMILES string of the molecule is CC#CCn1c(N2CCCC(N)C2)nc2cnn(Cc3nccs3)c(=O)c21. The van der Waals surface area contributed by atoms with E-state index in [2.05, 4.69) is 26.8 Å². The summed E-state index contributed by atoms with van der Waals surface area (Å²) in [6, 6.07) is 0.115. The number of hydrogen-bond donors (Lipinski definition) is 1. The van der Waals surface area contributed by atoms with Crippen molar-refractivity contribution in [3.05, 3.63) is 33.1 Å². The van der Waals surface area contributed by atoms with Crippen LogP contribution >= 0.6 is 11.3 Å². The highest BCUT2D eigenvalue weighted by molar-refractivity contribution is 7.09. The second kappa shape index (κ2) is 7.50. The molecule has 1 aliphatic heterocycles. The molecule has 1 unspecified atom stereocenters. The van der Waals surface area contributed by atoms with E-state index in [0.717, 1.165) is 36.9 Å². The molecule has 27 heavy (non-hydrogen) atoms. The minimum atomic E-state index is -0.180. The van der Waals surface area contributed by atoms with Gasteiger partial charge in [-0.25, -0.2) is 14.6 Å². The number of imidazole rings is 1. The van der Waals surface area contributed by atoms with Crippen molar-refractivity contribution in [1.29, 1.82) is 0 Å². The number of anilines is 1. The molecule has 0 spiro atoms. The summed E-state index contributed by atoms with van der Waals surface area (Å²) in [4.78, 5) is 24.2. The van der Waals surface area contributed by atoms with Gasteiger partial charge in [-0.05, 0) is 19.8 Å². The molecule has 0 aliphatic carbocycles. The number of aromatic nitrogens is 5. The van der Waals surface area contributed by atoms with Gasteiger partial charge in [0.05, 0.1) is 19.3 Å². The van der Waals surface area contributed by atoms with Crippen molar-refractivity contribution in [3.8, 4) is 11.8 Å². The summed E-state index contributed by atoms with van der Waals surface area (Å²) in [5.74, 6) is 6.71. The average Bonchev–Trinajstić information content (AvgIpc) is 3.30. The monoisotopic (exact) mass is 383 g/mol. The normalized spacial score (nSPS) is 17.1. The largest absolute Gasteiger partial charge is 0.341 e. The van der Waals surface area contributed by atoms with E-state index in [-0.39, 0.29) is 11.6 Å². The van der Waals surface area contributed by atoms with E-state index in [0.29, 0.717) is 24.1 Å². The summed E-state index contributed by atoms with van der Waals surface area (Å²) < 4.78 is 3.33. The summed E-state index contributed by atoms with van der Waals surface area (Å²) in [6.07, 6.45) is 5.39. The lowest BCUT2D eigenvalue weighted by Crippen LogP contribution is -2.44. The summed E-state index contributed by atoms with van der Waals surface area (Å²) in [5.41, 5.74) is 7.08. The molecule has 0 radical (unpaired) electrons. The van der Waals surface area contributed by atoms with Crippen LogP contribution in [0.5, 0.6) is 0 Å². The molecule has 1 saturated heterocycles. The van der Waals surface area contributed by atoms with Gasteiger partial charge < -0.3 is 10.6 Å². The topological polar surface area (TPSA) is 94.9 Å². The molecular weight excluding hydrogens is 362 g/mol. The third kappa shape index (κ3) is 3.46. The highest BCUT2D eigenvalue weighted by Gasteiger charge is 2.24. The van der Waals surface area contributed by atoms with Gasteiger partial charge in [0.2, 0.25) is 5.95 Å². The van der Waals surface area contributed by atoms with Crippen LogP contribution in [0.25, 0.3) is 11.0 Å². The van der Waals surface area contributed by atoms with Crippen molar-refractivity contribution >= 4 is 28.3 Å². The van der Waals surface area contributed by atoms with Gasteiger partial charge >= 0.3 is 0 Å². The molecule has 1 fully saturated rings. The fourth-order valence-corrected chi connectivity index (χ4v) is 3.98. The predicted octanol–water partition coefficient (Wildman–Crippen LogP) is 1.05. The third-order valence-electron chi connectivity index (χ3n) is 4.65. The van der Waals surface area contributed by atoms with Crippen molar-refractivity contribution in [3.63, 3.8) is 0 Å². The Bertz CT molecular complexity index is 1060. The summed E-state index contributed by atoms with van der Waals surface area (Å²) in [5, 5.41) is 7.02. The summed E-state index contributed by atoms with van der Waals surface area (Å²) >= 11 is 1.50. The van der Waals surface area contributed by atoms with Crippen molar-refractivity contribution in [2.75, 3.05) is 18.0 Å². The van der Waals surface area contributed by atoms with E-state index >= 15 is 0 Å². The van der Waals surface area contributed by atoms with E-state index in [1.165, 1.54) is 16.0 Å². The number of fused-ring (bicyclic) bond motifs is 1. The molecule has 4 rings (SSSR count). The van der Waals surface area contributed by atoms with Crippen LogP contribution in [0.15, 0.2) is 22.6 Å². The van der Waals surface area contributed by atoms with Crippen LogP contribution in [-0.2, 0) is 13.1 Å². The minimum absolute atomic E-state index is 0.115. The van der Waals surface area contributed by atoms with Crippen molar-refractivity contribution in [2.45, 2.75) is 38.9 Å². The standard InChI is InChI=1S/C18H21N7OS/c1-2-3-8-24-16-14(22-18(24)23-7-4-5-13(19)11-23)10-21-25(17(16)26)12-15-20-6-9-27-15/h6,9-10,13H,4-5,7-8,11-12,19H2,1H3. The van der Waals surface area contributed by atoms with Gasteiger partial charge in [0, 0.05) is 30.7 Å². The molecule has 1 atom stereocenters. The van der Waals surface area contributed by atoms with E-state index in [4.69, 9.17) is 10.7 Å². The van der Waals surface area contributed by atoms with Crippen LogP contribution in [0.2, 0.25) is 0 Å². The zero-order valence-electron chi connectivity index (χ0n) is 15.1. The van der Waals surface area contributed by atoms with Gasteiger partial charge in [0.25, 0.3) is 5.56 Å². The Morgan fingerprint density at radius 3 is 3.07 bits per heavy atom. The number of rotatable bonds is 4. The Morgan fingerprint density at radius 2 is 2.33 bits per heavy atom. The maximum absolute atomic E-state index is 13.1. The number of thiazole rings is 1. The van der Waals surface area contributed by atoms with Crippen LogP contribution in [-0.4, -0.2) is 43.4 Å². The van der Waals surface area contributed by atoms with E-state index in [1.54, 1.807) is 19.3 Å². The molecule has 9 heteroatoms. The fourth-order valence-electron chi connectivity index (χ4n) is 3.39. The first kappa shape index (κ1) is 17.7. The lowest BCUT2D eigenvalue weighted by Gasteiger charge is -2.31. The van der Waals surface area contributed by atoms with Gasteiger partial charge in [0.1, 0.15) is 16.0 Å². The first-order chi connectivity index (χ1) is 13.2. The number of nitrogens with two attached hydrogens (primary N) is 1. The second-order valence-corrected chi connectivity index (χ2v) is 7.52. The van der Waals surface area contributed by atoms with Crippen LogP contribution in [0, 0.1) is 11.8 Å². The summed E-state index contributed by atoms with van der Waals surface area (Å²) in [6.45, 7) is 4.14. The summed E-state index contributed by atoms with van der Waals surface area (Å²) in [7, 11) is 0. The van der Waals surface area contributed by atoms with Crippen molar-refractivity contribution in [1.82, 2.24) is 24.3 Å². The highest BCUT2D eigenvalue weighted by Crippen LogP contribution is 2.23. The third-order valence-corrected chi connectivity index (χ3v) is 5.42. The van der Waals surface area contributed by atoms with E-state index in [9.17, 15) is 4.79 Å². The molecule has 2 N–H and O–H groups in total. The van der Waals surface area contributed by atoms with Gasteiger partial charge in [0.15, 0.2) is 0 Å². The Kier molecular flexibility index (Phi) is 4.92. The van der Waals surface area contributed by atoms with Crippen LogP contribution in [0.3, 0.4) is 0 Å². The Balaban J connectivity index is 1.82. The molecule has 8 nitrogen and oxygen atoms in total. The zero-order chi connectivity index (χ0) is 18.8. The van der Waals surface area contributed by atoms with Crippen LogP contribution in [0.4, 0.5) is 5.95 Å². The molecule has 0 bridgehead atoms. The molecule has 0 aromatic carbocycles. The number of hydrogen-bond acceptors (Lipinski definition) is 7. The molecular formula is C18H21N7OS. The molecule has 0 amide bonds. The van der Waals surface area contributed by atoms with Gasteiger partial charge in [-0.3, -0.25) is 9.36 Å². The molecule has 3 aromatic heterocycles. The lowest BCUT2D eigenvalue weighted by atomic mass is 10.1. The van der Waals surface area contributed by atoms with Crippen LogP contribution < -0.4 is 16.2 Å². The highest BCUT2D eigenvalue weighted by atomic mass is 32.1. The maximum atomic E-state index is 13.1. The van der Waals surface area contributed by atoms with E-state index < -0.39 is 0 Å². The van der Waals surface area contributed by atoms with Gasteiger partial charge in [-0.1, -0.05) is 5.92 Å². The fraction of sp³-hybridized carbons (Fsp3) is 0.444. The quantitative estimate of drug-likeness (QED) is 0.677. The number of nitrogens with zero attached hydrogens (tertiary/aromatic N) is 6. The molecule has 1 aliphatic rings. The molecule has 140 valence electrons. The lowest BCUT2D eigenvalue weighted by molar-refractivity contribution is 0.496. The van der Waals surface area contributed by atoms with Crippen molar-refractivity contribution < 1.29 is 0 Å². The Labute approximate surface area is 160 Å². The van der Waals surface area contributed by atoms with Crippen molar-refractivity contribution in [2.24, 2.45) is 5.73 Å². The molecule has 0 saturated carbocycles. The number of piperidine rings is 1. The van der Waals surface area contributed by atoms with Gasteiger partial charge in [-0.15, -0.1) is 17.3 Å². The molecule has 4 heterocycles.